The van der Waals surface area contributed by atoms with Crippen molar-refractivity contribution in [3.8, 4) is 67.5 Å². The van der Waals surface area contributed by atoms with E-state index in [1.165, 1.54) is 0 Å². The summed E-state index contributed by atoms with van der Waals surface area (Å²) in [5, 5.41) is 49.5. The van der Waals surface area contributed by atoms with Crippen molar-refractivity contribution in [3.63, 3.8) is 0 Å². The first-order chi connectivity index (χ1) is 28.1. The van der Waals surface area contributed by atoms with E-state index in [0.717, 1.165) is 96.3 Å². The fourth-order valence-electron chi connectivity index (χ4n) is 8.44. The number of aromatic nitrogens is 2. The number of H-pyrrole nitrogens is 2. The third kappa shape index (κ3) is 8.11. The van der Waals surface area contributed by atoms with E-state index in [2.05, 4.69) is 9.97 Å². The number of fused-ring (bicyclic) bond motifs is 4. The molecule has 0 atom stereocenters. The van der Waals surface area contributed by atoms with Gasteiger partial charge in [-0.1, -0.05) is 120 Å². The first-order valence-corrected chi connectivity index (χ1v) is 21.4. The number of rotatable bonds is 4. The molecule has 0 saturated heterocycles. The number of pyridine rings is 2. The van der Waals surface area contributed by atoms with Gasteiger partial charge in [-0.15, -0.1) is 22.7 Å². The van der Waals surface area contributed by atoms with E-state index in [1.54, 1.807) is 48.5 Å². The molecular formula is C46H34Cl2KN2NaO6S2. The van der Waals surface area contributed by atoms with Crippen molar-refractivity contribution in [1.29, 1.82) is 0 Å². The summed E-state index contributed by atoms with van der Waals surface area (Å²) >= 11 is 15.4. The van der Waals surface area contributed by atoms with Gasteiger partial charge in [-0.3, -0.25) is 9.59 Å². The van der Waals surface area contributed by atoms with Crippen LogP contribution < -0.4 is 102 Å². The molecule has 292 valence electrons. The van der Waals surface area contributed by atoms with E-state index in [0.29, 0.717) is 62.5 Å². The Labute approximate surface area is 427 Å². The zero-order valence-corrected chi connectivity index (χ0v) is 41.1. The molecule has 8 nitrogen and oxygen atoms in total. The summed E-state index contributed by atoms with van der Waals surface area (Å²) in [6.45, 7) is 0. The molecule has 8 aromatic rings. The predicted molar refractivity (Wildman–Crippen MR) is 232 cm³/mol. The summed E-state index contributed by atoms with van der Waals surface area (Å²) in [5.74, 6) is -0.359. The number of hydrogen-bond acceptors (Lipinski definition) is 8. The molecule has 4 aromatic heterocycles. The van der Waals surface area contributed by atoms with Gasteiger partial charge in [-0.2, -0.15) is 0 Å². The van der Waals surface area contributed by atoms with Crippen LogP contribution >= 0.6 is 45.9 Å². The number of aromatic hydroxyl groups is 2. The van der Waals surface area contributed by atoms with Gasteiger partial charge in [-0.05, 0) is 84.7 Å². The molecular weight excluding hydrogens is 874 g/mol. The van der Waals surface area contributed by atoms with Crippen LogP contribution in [0.5, 0.6) is 23.0 Å². The summed E-state index contributed by atoms with van der Waals surface area (Å²) < 4.78 is 0.757. The number of aromatic amines is 2. The third-order valence-electron chi connectivity index (χ3n) is 11.2. The normalized spacial score (nSPS) is 13.1. The minimum Gasteiger partial charge on any atom is -0.871 e. The van der Waals surface area contributed by atoms with Crippen molar-refractivity contribution in [2.45, 2.75) is 51.4 Å². The average Bonchev–Trinajstić information content (AvgIpc) is 3.74. The van der Waals surface area contributed by atoms with Crippen molar-refractivity contribution in [1.82, 2.24) is 9.97 Å². The number of halogens is 2. The van der Waals surface area contributed by atoms with E-state index >= 15 is 0 Å². The monoisotopic (exact) mass is 906 g/mol. The van der Waals surface area contributed by atoms with Crippen LogP contribution in [0.1, 0.15) is 47.9 Å². The number of thiophene rings is 2. The van der Waals surface area contributed by atoms with Crippen molar-refractivity contribution in [2.24, 2.45) is 0 Å². The van der Waals surface area contributed by atoms with E-state index in [4.69, 9.17) is 23.2 Å². The van der Waals surface area contributed by atoms with Crippen molar-refractivity contribution >= 4 is 66.3 Å². The maximum Gasteiger partial charge on any atom is 1.00 e. The molecule has 4 N–H and O–H groups in total. The Morgan fingerprint density at radius 1 is 0.533 bits per heavy atom. The first kappa shape index (κ1) is 45.1. The Morgan fingerprint density at radius 2 is 0.900 bits per heavy atom. The second-order valence-electron chi connectivity index (χ2n) is 14.6. The smallest absolute Gasteiger partial charge is 0.871 e. The Bertz CT molecular complexity index is 2840. The SMILES string of the molecule is O=c1[nH]c2sc(Cl)c(-c3ccc4c(c3O)CCCC4)c2c([O-])c1-c1ccccc1.O=c1[nH]c2sc(Cl)c(-c3ccc4c(c3O)CCCC4)c2c([O-])c1-c1ccccc1.[K+].[Na+]. The van der Waals surface area contributed by atoms with Crippen molar-refractivity contribution in [2.75, 3.05) is 0 Å². The summed E-state index contributed by atoms with van der Waals surface area (Å²) in [7, 11) is 0. The maximum atomic E-state index is 13.4. The maximum absolute atomic E-state index is 13.4. The largest absolute Gasteiger partial charge is 1.00 e. The van der Waals surface area contributed by atoms with Crippen LogP contribution in [0.25, 0.3) is 64.9 Å². The molecule has 2 aliphatic carbocycles. The number of hydrogen-bond donors (Lipinski definition) is 4. The molecule has 4 aromatic carbocycles. The molecule has 0 aliphatic heterocycles. The molecule has 4 heterocycles. The van der Waals surface area contributed by atoms with Crippen LogP contribution in [-0.2, 0) is 25.7 Å². The van der Waals surface area contributed by atoms with Crippen LogP contribution in [0, 0.1) is 0 Å². The van der Waals surface area contributed by atoms with Gasteiger partial charge in [0.05, 0.1) is 0 Å². The number of phenolic OH excluding ortho intramolecular Hbond substituents is 2. The van der Waals surface area contributed by atoms with E-state index < -0.39 is 11.1 Å². The van der Waals surface area contributed by atoms with E-state index in [-0.39, 0.29) is 115 Å². The molecule has 0 spiro atoms. The number of nitrogens with one attached hydrogen (secondary N) is 2. The average molecular weight is 908 g/mol. The number of phenols is 2. The topological polar surface area (TPSA) is 152 Å². The van der Waals surface area contributed by atoms with Crippen LogP contribution in [0.3, 0.4) is 0 Å². The van der Waals surface area contributed by atoms with Crippen LogP contribution in [-0.4, -0.2) is 20.2 Å². The van der Waals surface area contributed by atoms with Crippen LogP contribution in [0.4, 0.5) is 0 Å². The van der Waals surface area contributed by atoms with Crippen molar-refractivity contribution in [3.05, 3.63) is 137 Å². The van der Waals surface area contributed by atoms with Crippen LogP contribution in [0.15, 0.2) is 94.5 Å². The van der Waals surface area contributed by atoms with Gasteiger partial charge in [0, 0.05) is 44.2 Å². The van der Waals surface area contributed by atoms with Gasteiger partial charge in [0.1, 0.15) is 29.8 Å². The fraction of sp³-hybridized carbons (Fsp3) is 0.174. The summed E-state index contributed by atoms with van der Waals surface area (Å²) in [4.78, 5) is 31.7. The zero-order chi connectivity index (χ0) is 40.2. The molecule has 10 rings (SSSR count). The van der Waals surface area contributed by atoms with Crippen LogP contribution in [0.2, 0.25) is 8.67 Å². The van der Waals surface area contributed by atoms with Gasteiger partial charge in [0.2, 0.25) is 0 Å². The first-order valence-electron chi connectivity index (χ1n) is 19.0. The molecule has 0 radical (unpaired) electrons. The minimum atomic E-state index is -0.437. The van der Waals surface area contributed by atoms with Gasteiger partial charge >= 0.3 is 80.9 Å². The Hall–Kier alpha value is -2.88. The number of aryl methyl sites for hydroxylation is 2. The Balaban J connectivity index is 0.000000176. The van der Waals surface area contributed by atoms with Gasteiger partial charge < -0.3 is 30.4 Å². The fourth-order valence-corrected chi connectivity index (χ4v) is 11.2. The molecule has 0 bridgehead atoms. The molecule has 2 aliphatic rings. The standard InChI is InChI=1S/2C23H18ClNO3S.K.Na/c2*24-21-17(15-11-10-12-6-4-5-9-14(12)19(15)26)18-20(27)16(13-7-2-1-3-8-13)22(28)25-23(18)29-21;;/h2*1-3,7-8,10-11,26H,4-6,9H2,(H2,25,27,28);;/q;;2*+1/p-2. The van der Waals surface area contributed by atoms with Gasteiger partial charge in [0.25, 0.3) is 11.1 Å². The van der Waals surface area contributed by atoms with Crippen molar-refractivity contribution < 1.29 is 101 Å². The summed E-state index contributed by atoms with van der Waals surface area (Å²) in [5.41, 5.74) is 6.67. The minimum absolute atomic E-state index is 0. The second kappa shape index (κ2) is 18.8. The van der Waals surface area contributed by atoms with E-state index in [1.807, 2.05) is 36.4 Å². The zero-order valence-electron chi connectivity index (χ0n) is 32.8. The molecule has 0 unspecified atom stereocenters. The van der Waals surface area contributed by atoms with E-state index in [9.17, 15) is 30.0 Å². The Morgan fingerprint density at radius 3 is 1.28 bits per heavy atom. The third-order valence-corrected chi connectivity index (χ3v) is 13.8. The molecule has 0 saturated carbocycles. The number of benzene rings is 4. The Kier molecular flexibility index (Phi) is 14.2. The summed E-state index contributed by atoms with van der Waals surface area (Å²) in [6.07, 6.45) is 7.79. The molecule has 60 heavy (non-hydrogen) atoms. The molecule has 0 amide bonds. The molecule has 14 heteroatoms. The second-order valence-corrected chi connectivity index (χ2v) is 17.8. The summed E-state index contributed by atoms with van der Waals surface area (Å²) in [6, 6.07) is 25.5. The molecule has 0 fully saturated rings. The quantitative estimate of drug-likeness (QED) is 0.192. The van der Waals surface area contributed by atoms with Gasteiger partial charge in [0.15, 0.2) is 0 Å². The predicted octanol–water partition coefficient (Wildman–Crippen LogP) is 4.48. The van der Waals surface area contributed by atoms with Gasteiger partial charge in [-0.25, -0.2) is 0 Å².